The second kappa shape index (κ2) is 7.48. The van der Waals surface area contributed by atoms with Crippen LogP contribution < -0.4 is 4.74 Å². The van der Waals surface area contributed by atoms with E-state index in [0.29, 0.717) is 31.5 Å². The average Bonchev–Trinajstić information content (AvgIpc) is 3.16. The minimum Gasteiger partial charge on any atom is -0.504 e. The molecular weight excluding hydrogens is 400 g/mol. The molecule has 1 N–H and O–H groups in total. The van der Waals surface area contributed by atoms with Gasteiger partial charge in [-0.1, -0.05) is 0 Å². The lowest BCUT2D eigenvalue weighted by Gasteiger charge is -2.33. The summed E-state index contributed by atoms with van der Waals surface area (Å²) in [5.74, 6) is -0.875. The van der Waals surface area contributed by atoms with E-state index < -0.39 is 23.7 Å². The molecular formula is C19H19F2N5O4. The number of phenolic OH excluding ortho intramolecular Hbond substituents is 1. The van der Waals surface area contributed by atoms with Crippen molar-refractivity contribution < 1.29 is 28.2 Å². The number of rotatable bonds is 4. The van der Waals surface area contributed by atoms with Crippen LogP contribution >= 0.6 is 0 Å². The van der Waals surface area contributed by atoms with Crippen LogP contribution in [0.5, 0.6) is 11.5 Å². The smallest absolute Gasteiger partial charge is 0.395 e. The summed E-state index contributed by atoms with van der Waals surface area (Å²) >= 11 is 0. The predicted molar refractivity (Wildman–Crippen MR) is 99.5 cm³/mol. The van der Waals surface area contributed by atoms with Gasteiger partial charge in [-0.15, -0.1) is 0 Å². The first-order chi connectivity index (χ1) is 14.2. The van der Waals surface area contributed by atoms with Gasteiger partial charge in [-0.3, -0.25) is 4.79 Å². The molecule has 1 amide bonds. The minimum absolute atomic E-state index is 0.150. The van der Waals surface area contributed by atoms with Crippen LogP contribution in [-0.4, -0.2) is 61.3 Å². The molecule has 0 saturated carbocycles. The normalized spacial score (nSPS) is 17.3. The predicted octanol–water partition coefficient (Wildman–Crippen LogP) is 2.34. The Bertz CT molecular complexity index is 1100. The van der Waals surface area contributed by atoms with E-state index in [1.807, 2.05) is 13.0 Å². The van der Waals surface area contributed by atoms with Gasteiger partial charge < -0.3 is 19.5 Å². The third-order valence-corrected chi connectivity index (χ3v) is 4.59. The van der Waals surface area contributed by atoms with Gasteiger partial charge in [0.05, 0.1) is 18.8 Å². The van der Waals surface area contributed by atoms with Gasteiger partial charge in [-0.2, -0.15) is 23.4 Å². The van der Waals surface area contributed by atoms with E-state index >= 15 is 0 Å². The first kappa shape index (κ1) is 20.0. The Kier molecular flexibility index (Phi) is 4.98. The molecule has 3 heterocycles. The fourth-order valence-corrected chi connectivity index (χ4v) is 3.31. The van der Waals surface area contributed by atoms with Crippen molar-refractivity contribution in [2.45, 2.75) is 26.1 Å². The fourth-order valence-electron chi connectivity index (χ4n) is 3.31. The topological polar surface area (TPSA) is 102 Å². The lowest BCUT2D eigenvalue weighted by Crippen LogP contribution is -2.42. The molecule has 2 aromatic heterocycles. The number of morpholine rings is 1. The molecule has 1 fully saturated rings. The Morgan fingerprint density at radius 2 is 2.17 bits per heavy atom. The van der Waals surface area contributed by atoms with Crippen molar-refractivity contribution in [1.82, 2.24) is 24.5 Å². The van der Waals surface area contributed by atoms with E-state index in [-0.39, 0.29) is 18.0 Å². The lowest BCUT2D eigenvalue weighted by atomic mass is 10.1. The SMILES string of the molecule is Cc1cc([C@@H]2CN(C(=O)c3ccc(OC(C)(F)F)c(O)c3)CCO2)n2ncnc2n1. The third-order valence-electron chi connectivity index (χ3n) is 4.59. The Morgan fingerprint density at radius 1 is 1.37 bits per heavy atom. The summed E-state index contributed by atoms with van der Waals surface area (Å²) in [5.41, 5.74) is 1.60. The monoisotopic (exact) mass is 419 g/mol. The first-order valence-electron chi connectivity index (χ1n) is 9.19. The van der Waals surface area contributed by atoms with Crippen LogP contribution in [0.2, 0.25) is 0 Å². The summed E-state index contributed by atoms with van der Waals surface area (Å²) in [4.78, 5) is 22.9. The van der Waals surface area contributed by atoms with Gasteiger partial charge in [0.1, 0.15) is 12.4 Å². The van der Waals surface area contributed by atoms with E-state index in [2.05, 4.69) is 19.8 Å². The van der Waals surface area contributed by atoms with E-state index in [4.69, 9.17) is 4.74 Å². The van der Waals surface area contributed by atoms with Gasteiger partial charge in [0.15, 0.2) is 11.5 Å². The number of hydrogen-bond donors (Lipinski definition) is 1. The van der Waals surface area contributed by atoms with Crippen molar-refractivity contribution in [3.8, 4) is 11.5 Å². The summed E-state index contributed by atoms with van der Waals surface area (Å²) in [7, 11) is 0. The van der Waals surface area contributed by atoms with Crippen LogP contribution in [-0.2, 0) is 4.74 Å². The first-order valence-corrected chi connectivity index (χ1v) is 9.19. The van der Waals surface area contributed by atoms with Gasteiger partial charge in [-0.05, 0) is 31.2 Å². The number of hydrogen-bond acceptors (Lipinski definition) is 7. The highest BCUT2D eigenvalue weighted by molar-refractivity contribution is 5.95. The number of aromatic nitrogens is 4. The Morgan fingerprint density at radius 3 is 2.90 bits per heavy atom. The molecule has 4 rings (SSSR count). The van der Waals surface area contributed by atoms with Crippen molar-refractivity contribution in [3.63, 3.8) is 0 Å². The number of fused-ring (bicyclic) bond motifs is 1. The van der Waals surface area contributed by atoms with E-state index in [9.17, 15) is 18.7 Å². The number of carbonyl (C=O) groups excluding carboxylic acids is 1. The van der Waals surface area contributed by atoms with Gasteiger partial charge in [0, 0.05) is 24.7 Å². The number of amides is 1. The Balaban J connectivity index is 1.55. The molecule has 1 saturated heterocycles. The maximum absolute atomic E-state index is 13.0. The largest absolute Gasteiger partial charge is 0.504 e. The Labute approximate surface area is 169 Å². The summed E-state index contributed by atoms with van der Waals surface area (Å²) in [6.07, 6.45) is -2.51. The van der Waals surface area contributed by atoms with Crippen LogP contribution in [0, 0.1) is 6.92 Å². The van der Waals surface area contributed by atoms with Crippen molar-refractivity contribution >= 4 is 11.7 Å². The maximum Gasteiger partial charge on any atom is 0.395 e. The van der Waals surface area contributed by atoms with Crippen LogP contribution in [0.4, 0.5) is 8.78 Å². The number of alkyl halides is 2. The summed E-state index contributed by atoms with van der Waals surface area (Å²) in [6.45, 7) is 3.26. The molecule has 0 bridgehead atoms. The highest BCUT2D eigenvalue weighted by atomic mass is 19.3. The van der Waals surface area contributed by atoms with Crippen molar-refractivity contribution in [3.05, 3.63) is 47.5 Å². The number of carbonyl (C=O) groups is 1. The maximum atomic E-state index is 13.0. The molecule has 3 aromatic rings. The minimum atomic E-state index is -3.45. The highest BCUT2D eigenvalue weighted by Gasteiger charge is 2.30. The number of phenols is 1. The molecule has 1 aromatic carbocycles. The van der Waals surface area contributed by atoms with Crippen molar-refractivity contribution in [1.29, 1.82) is 0 Å². The molecule has 1 aliphatic heterocycles. The molecule has 9 nitrogen and oxygen atoms in total. The van der Waals surface area contributed by atoms with E-state index in [0.717, 1.165) is 17.8 Å². The summed E-state index contributed by atoms with van der Waals surface area (Å²) < 4.78 is 37.8. The van der Waals surface area contributed by atoms with Gasteiger partial charge in [0.25, 0.3) is 11.7 Å². The fraction of sp³-hybridized carbons (Fsp3) is 0.368. The number of aromatic hydroxyl groups is 1. The standard InChI is InChI=1S/C19H19F2N5O4/c1-11-7-13(26-18(24-11)22-10-23-26)16-9-25(5-6-29-16)17(28)12-3-4-15(14(27)8-12)30-19(2,20)21/h3-4,7-8,10,16,27H,5-6,9H2,1-2H3/t16-/m0/s1. The molecule has 0 spiro atoms. The van der Waals surface area contributed by atoms with Gasteiger partial charge in [-0.25, -0.2) is 4.98 Å². The van der Waals surface area contributed by atoms with Crippen LogP contribution in [0.3, 0.4) is 0 Å². The quantitative estimate of drug-likeness (QED) is 0.693. The van der Waals surface area contributed by atoms with Crippen LogP contribution in [0.25, 0.3) is 5.78 Å². The van der Waals surface area contributed by atoms with Crippen molar-refractivity contribution in [2.24, 2.45) is 0 Å². The summed E-state index contributed by atoms with van der Waals surface area (Å²) in [5, 5.41) is 14.1. The number of ether oxygens (including phenoxy) is 2. The number of nitrogens with zero attached hydrogens (tertiary/aromatic N) is 5. The molecule has 1 atom stereocenters. The zero-order valence-electron chi connectivity index (χ0n) is 16.2. The average molecular weight is 419 g/mol. The molecule has 0 unspecified atom stereocenters. The second-order valence-electron chi connectivity index (χ2n) is 7.00. The van der Waals surface area contributed by atoms with Gasteiger partial charge in [0.2, 0.25) is 0 Å². The third kappa shape index (κ3) is 4.01. The molecule has 30 heavy (non-hydrogen) atoms. The molecule has 0 radical (unpaired) electrons. The van der Waals surface area contributed by atoms with Crippen LogP contribution in [0.1, 0.15) is 34.8 Å². The molecule has 1 aliphatic rings. The Hall–Kier alpha value is -3.34. The number of benzene rings is 1. The molecule has 0 aliphatic carbocycles. The second-order valence-corrected chi connectivity index (χ2v) is 7.00. The zero-order valence-corrected chi connectivity index (χ0v) is 16.2. The highest BCUT2D eigenvalue weighted by Crippen LogP contribution is 2.32. The summed E-state index contributed by atoms with van der Waals surface area (Å²) in [6, 6.07) is 5.41. The van der Waals surface area contributed by atoms with E-state index in [1.54, 1.807) is 9.42 Å². The lowest BCUT2D eigenvalue weighted by molar-refractivity contribution is -0.159. The zero-order chi connectivity index (χ0) is 21.5. The molecule has 11 heteroatoms. The number of aryl methyl sites for hydroxylation is 1. The van der Waals surface area contributed by atoms with Crippen LogP contribution in [0.15, 0.2) is 30.6 Å². The number of halogens is 2. The van der Waals surface area contributed by atoms with E-state index in [1.165, 1.54) is 12.4 Å². The molecule has 158 valence electrons. The van der Waals surface area contributed by atoms with Gasteiger partial charge >= 0.3 is 6.11 Å². The van der Waals surface area contributed by atoms with Crippen molar-refractivity contribution in [2.75, 3.05) is 19.7 Å².